The third-order valence-electron chi connectivity index (χ3n) is 1.60. The molecule has 0 aliphatic heterocycles. The Morgan fingerprint density at radius 3 is 2.21 bits per heavy atom. The second-order valence-corrected chi connectivity index (χ2v) is 3.88. The Hall–Kier alpha value is -0.100. The Balaban J connectivity index is 3.40. The molecule has 6 heteroatoms. The first kappa shape index (κ1) is 12.0. The average molecular weight is 336 g/mol. The molecule has 1 aromatic carbocycles. The van der Waals surface area contributed by atoms with Crippen molar-refractivity contribution >= 4 is 31.9 Å². The molecule has 78 valence electrons. The van der Waals surface area contributed by atoms with Gasteiger partial charge in [0.25, 0.3) is 0 Å². The van der Waals surface area contributed by atoms with Gasteiger partial charge < -0.3 is 0 Å². The fourth-order valence-corrected chi connectivity index (χ4v) is 2.49. The molecule has 1 rings (SSSR count). The molecule has 0 spiro atoms. The summed E-state index contributed by atoms with van der Waals surface area (Å²) < 4.78 is 49.7. The van der Waals surface area contributed by atoms with Crippen molar-refractivity contribution < 1.29 is 17.6 Å². The lowest BCUT2D eigenvalue weighted by Gasteiger charge is -2.12. The zero-order valence-corrected chi connectivity index (χ0v) is 9.80. The predicted molar refractivity (Wildman–Crippen MR) is 51.7 cm³/mol. The average Bonchev–Trinajstić information content (AvgIpc) is 2.02. The van der Waals surface area contributed by atoms with Crippen LogP contribution in [0.25, 0.3) is 0 Å². The summed E-state index contributed by atoms with van der Waals surface area (Å²) in [5, 5.41) is 0.233. The third-order valence-corrected chi connectivity index (χ3v) is 3.11. The monoisotopic (exact) mass is 334 g/mol. The highest BCUT2D eigenvalue weighted by atomic mass is 79.9. The summed E-state index contributed by atoms with van der Waals surface area (Å²) in [6.45, 7) is 0. The van der Waals surface area contributed by atoms with E-state index in [1.165, 1.54) is 6.07 Å². The molecule has 0 unspecified atom stereocenters. The van der Waals surface area contributed by atoms with Gasteiger partial charge in [-0.1, -0.05) is 22.0 Å². The summed E-state index contributed by atoms with van der Waals surface area (Å²) in [4.78, 5) is 0. The molecule has 14 heavy (non-hydrogen) atoms. The van der Waals surface area contributed by atoms with Gasteiger partial charge in [-0.25, -0.2) is 4.39 Å². The smallest absolute Gasteiger partial charge is 0.206 e. The van der Waals surface area contributed by atoms with Crippen molar-refractivity contribution in [2.75, 3.05) is 0 Å². The largest absolute Gasteiger partial charge is 0.420 e. The van der Waals surface area contributed by atoms with Crippen molar-refractivity contribution in [3.63, 3.8) is 0 Å². The Morgan fingerprint density at radius 2 is 1.79 bits per heavy atom. The highest BCUT2D eigenvalue weighted by Gasteiger charge is 2.37. The van der Waals surface area contributed by atoms with E-state index in [-0.39, 0.29) is 9.80 Å². The van der Waals surface area contributed by atoms with E-state index >= 15 is 0 Å². The van der Waals surface area contributed by atoms with E-state index < -0.39 is 17.6 Å². The van der Waals surface area contributed by atoms with Gasteiger partial charge >= 0.3 is 6.18 Å². The summed E-state index contributed by atoms with van der Waals surface area (Å²) in [6.07, 6.45) is -4.68. The summed E-state index contributed by atoms with van der Waals surface area (Å²) in [6, 6.07) is 2.10. The van der Waals surface area contributed by atoms with Crippen molar-refractivity contribution in [3.05, 3.63) is 33.5 Å². The van der Waals surface area contributed by atoms with Crippen molar-refractivity contribution in [1.82, 2.24) is 0 Å². The summed E-state index contributed by atoms with van der Waals surface area (Å²) in [5.74, 6) is -1.27. The topological polar surface area (TPSA) is 0 Å². The molecule has 0 saturated carbocycles. The number of hydrogen-bond donors (Lipinski definition) is 0. The lowest BCUT2D eigenvalue weighted by atomic mass is 10.1. The Labute approximate surface area is 94.6 Å². The molecule has 0 radical (unpaired) electrons. The number of halogens is 6. The standard InChI is InChI=1S/C8H4Br2F4/c9-3-4-1-2-5(11)6(7(4)10)8(12,13)14/h1-2H,3H2. The minimum Gasteiger partial charge on any atom is -0.206 e. The Kier molecular flexibility index (Phi) is 3.58. The molecule has 0 aromatic heterocycles. The van der Waals surface area contributed by atoms with Crippen molar-refractivity contribution in [2.45, 2.75) is 11.5 Å². The van der Waals surface area contributed by atoms with E-state index in [1.54, 1.807) is 0 Å². The minimum absolute atomic E-state index is 0.233. The van der Waals surface area contributed by atoms with Crippen LogP contribution < -0.4 is 0 Å². The molecule has 0 amide bonds. The maximum absolute atomic E-state index is 12.9. The van der Waals surface area contributed by atoms with Crippen LogP contribution in [-0.4, -0.2) is 0 Å². The maximum Gasteiger partial charge on any atom is 0.420 e. The van der Waals surface area contributed by atoms with Crippen LogP contribution >= 0.6 is 31.9 Å². The van der Waals surface area contributed by atoms with Gasteiger partial charge in [-0.05, 0) is 27.6 Å². The zero-order valence-electron chi connectivity index (χ0n) is 6.63. The van der Waals surface area contributed by atoms with Gasteiger partial charge in [-0.2, -0.15) is 13.2 Å². The Bertz CT molecular complexity index is 346. The first-order chi connectivity index (χ1) is 6.38. The van der Waals surface area contributed by atoms with E-state index in [9.17, 15) is 17.6 Å². The molecule has 0 bridgehead atoms. The minimum atomic E-state index is -4.68. The fraction of sp³-hybridized carbons (Fsp3) is 0.250. The highest BCUT2D eigenvalue weighted by molar-refractivity contribution is 9.10. The number of rotatable bonds is 1. The fourth-order valence-electron chi connectivity index (χ4n) is 0.959. The zero-order chi connectivity index (χ0) is 10.9. The maximum atomic E-state index is 12.9. The number of benzene rings is 1. The molecule has 0 fully saturated rings. The quantitative estimate of drug-likeness (QED) is 0.523. The normalized spacial score (nSPS) is 11.9. The van der Waals surface area contributed by atoms with Gasteiger partial charge in [-0.15, -0.1) is 0 Å². The third kappa shape index (κ3) is 2.28. The van der Waals surface area contributed by atoms with Gasteiger partial charge in [-0.3, -0.25) is 0 Å². The van der Waals surface area contributed by atoms with Crippen LogP contribution in [0.3, 0.4) is 0 Å². The molecule has 0 aliphatic carbocycles. The van der Waals surface area contributed by atoms with E-state index in [0.717, 1.165) is 6.07 Å². The first-order valence-corrected chi connectivity index (χ1v) is 5.39. The number of alkyl halides is 4. The summed E-state index contributed by atoms with van der Waals surface area (Å²) in [7, 11) is 0. The van der Waals surface area contributed by atoms with Gasteiger partial charge in [0.2, 0.25) is 0 Å². The van der Waals surface area contributed by atoms with Crippen LogP contribution in [-0.2, 0) is 11.5 Å². The molecular weight excluding hydrogens is 332 g/mol. The van der Waals surface area contributed by atoms with Gasteiger partial charge in [0.15, 0.2) is 0 Å². The molecule has 0 atom stereocenters. The summed E-state index contributed by atoms with van der Waals surface area (Å²) in [5.41, 5.74) is -0.895. The van der Waals surface area contributed by atoms with Gasteiger partial charge in [0, 0.05) is 9.80 Å². The van der Waals surface area contributed by atoms with Crippen LogP contribution in [0.4, 0.5) is 17.6 Å². The molecule has 1 aromatic rings. The second kappa shape index (κ2) is 4.18. The van der Waals surface area contributed by atoms with Crippen LogP contribution in [0.15, 0.2) is 16.6 Å². The van der Waals surface area contributed by atoms with E-state index in [0.29, 0.717) is 5.56 Å². The second-order valence-electron chi connectivity index (χ2n) is 2.53. The molecule has 0 nitrogen and oxygen atoms in total. The Morgan fingerprint density at radius 1 is 1.21 bits per heavy atom. The van der Waals surface area contributed by atoms with E-state index in [4.69, 9.17) is 0 Å². The van der Waals surface area contributed by atoms with Crippen molar-refractivity contribution in [2.24, 2.45) is 0 Å². The summed E-state index contributed by atoms with van der Waals surface area (Å²) >= 11 is 5.75. The van der Waals surface area contributed by atoms with Crippen LogP contribution in [0.1, 0.15) is 11.1 Å². The predicted octanol–water partition coefficient (Wildman–Crippen LogP) is 4.50. The SMILES string of the molecule is Fc1ccc(CBr)c(Br)c1C(F)(F)F. The molecule has 0 N–H and O–H groups in total. The first-order valence-electron chi connectivity index (χ1n) is 3.48. The molecule has 0 saturated heterocycles. The van der Waals surface area contributed by atoms with Crippen molar-refractivity contribution in [1.29, 1.82) is 0 Å². The molecule has 0 aliphatic rings. The van der Waals surface area contributed by atoms with Crippen LogP contribution in [0.2, 0.25) is 0 Å². The van der Waals surface area contributed by atoms with Crippen molar-refractivity contribution in [3.8, 4) is 0 Å². The molecular formula is C8H4Br2F4. The van der Waals surface area contributed by atoms with E-state index in [1.807, 2.05) is 0 Å². The van der Waals surface area contributed by atoms with Gasteiger partial charge in [0.1, 0.15) is 11.4 Å². The van der Waals surface area contributed by atoms with Gasteiger partial charge in [0.05, 0.1) is 0 Å². The number of hydrogen-bond acceptors (Lipinski definition) is 0. The lowest BCUT2D eigenvalue weighted by molar-refractivity contribution is -0.140. The van der Waals surface area contributed by atoms with E-state index in [2.05, 4.69) is 31.9 Å². The highest BCUT2D eigenvalue weighted by Crippen LogP contribution is 2.38. The van der Waals surface area contributed by atoms with Crippen LogP contribution in [0, 0.1) is 5.82 Å². The lowest BCUT2D eigenvalue weighted by Crippen LogP contribution is -2.10. The molecule has 0 heterocycles. The van der Waals surface area contributed by atoms with Crippen LogP contribution in [0.5, 0.6) is 0 Å².